The predicted octanol–water partition coefficient (Wildman–Crippen LogP) is 2.82. The minimum atomic E-state index is -1.06. The van der Waals surface area contributed by atoms with Gasteiger partial charge in [0.1, 0.15) is 34.0 Å². The maximum atomic E-state index is 13.2. The molecule has 0 unspecified atom stereocenters. The molecule has 1 saturated heterocycles. The first-order chi connectivity index (χ1) is 18.3. The van der Waals surface area contributed by atoms with Crippen LogP contribution in [0.25, 0.3) is 0 Å². The molecule has 0 saturated carbocycles. The average molecular weight is 555 g/mol. The molecule has 3 heterocycles. The van der Waals surface area contributed by atoms with Crippen LogP contribution in [0.1, 0.15) is 68.1 Å². The van der Waals surface area contributed by atoms with Crippen LogP contribution in [-0.2, 0) is 26.2 Å². The van der Waals surface area contributed by atoms with Crippen molar-refractivity contribution in [1.82, 2.24) is 14.9 Å². The lowest BCUT2D eigenvalue weighted by Gasteiger charge is -2.36. The van der Waals surface area contributed by atoms with Crippen molar-refractivity contribution in [3.05, 3.63) is 33.6 Å². The molecule has 1 aliphatic heterocycles. The van der Waals surface area contributed by atoms with E-state index in [4.69, 9.17) is 21.0 Å². The molecule has 0 bridgehead atoms. The number of nitrogens with zero attached hydrogens (tertiary/aromatic N) is 6. The van der Waals surface area contributed by atoms with E-state index in [1.165, 1.54) is 11.3 Å². The van der Waals surface area contributed by atoms with Crippen molar-refractivity contribution >= 4 is 40.1 Å². The topological polar surface area (TPSA) is 173 Å². The Kier molecular flexibility index (Phi) is 7.70. The largest absolute Gasteiger partial charge is 0.444 e. The first kappa shape index (κ1) is 28.1. The second kappa shape index (κ2) is 10.7. The maximum absolute atomic E-state index is 13.2. The van der Waals surface area contributed by atoms with Crippen molar-refractivity contribution in [2.45, 2.75) is 64.9 Å². The van der Waals surface area contributed by atoms with Crippen molar-refractivity contribution < 1.29 is 19.2 Å². The molecular formula is C26H34N8O4S. The zero-order chi connectivity index (χ0) is 28.5. The number of hydrogen-bond acceptors (Lipinski definition) is 11. The summed E-state index contributed by atoms with van der Waals surface area (Å²) in [5.74, 6) is 0.414. The zero-order valence-electron chi connectivity index (χ0n) is 22.9. The van der Waals surface area contributed by atoms with Crippen molar-refractivity contribution in [2.24, 2.45) is 10.9 Å². The number of amidine groups is 1. The molecule has 4 N–H and O–H groups in total. The summed E-state index contributed by atoms with van der Waals surface area (Å²) in [5, 5.41) is 13.9. The molecule has 2 aromatic rings. The number of thiophene rings is 1. The van der Waals surface area contributed by atoms with Crippen LogP contribution in [0, 0.1) is 18.3 Å². The summed E-state index contributed by atoms with van der Waals surface area (Å²) in [4.78, 5) is 44.4. The number of nitriles is 1. The summed E-state index contributed by atoms with van der Waals surface area (Å²) in [6.07, 6.45) is 1.68. The Morgan fingerprint density at radius 1 is 1.23 bits per heavy atom. The fourth-order valence-electron chi connectivity index (χ4n) is 4.83. The molecule has 1 fully saturated rings. The highest BCUT2D eigenvalue weighted by Gasteiger charge is 2.44. The van der Waals surface area contributed by atoms with Crippen molar-refractivity contribution in [3.63, 3.8) is 0 Å². The minimum Gasteiger partial charge on any atom is -0.444 e. The van der Waals surface area contributed by atoms with Crippen LogP contribution in [0.15, 0.2) is 11.2 Å². The third-order valence-electron chi connectivity index (χ3n) is 6.77. The number of oxime groups is 1. The van der Waals surface area contributed by atoms with Gasteiger partial charge in [-0.2, -0.15) is 5.26 Å². The Labute approximate surface area is 231 Å². The number of fused-ring (bicyclic) bond motifs is 1. The van der Waals surface area contributed by atoms with Crippen LogP contribution >= 0.6 is 11.3 Å². The van der Waals surface area contributed by atoms with Crippen LogP contribution in [0.5, 0.6) is 0 Å². The fourth-order valence-corrected chi connectivity index (χ4v) is 6.02. The summed E-state index contributed by atoms with van der Waals surface area (Å²) in [6, 6.07) is 3.81. The standard InChI is InChI=1S/C26H34N8O4S/c1-15-30-17(13-19(31-15)33-9-11-34(12-10-33)24(36)37-25(2,3)4)21(28)32-38-23(35)26(5)8-6-7-18-20(26)16(14-27)22(29)39-18/h13H,6-12,29H2,1-5H3,(H2,28,32)/t26-/m0/s1. The van der Waals surface area contributed by atoms with Gasteiger partial charge >= 0.3 is 12.1 Å². The Hall–Kier alpha value is -3.92. The molecule has 12 nitrogen and oxygen atoms in total. The zero-order valence-corrected chi connectivity index (χ0v) is 23.7. The lowest BCUT2D eigenvalue weighted by atomic mass is 9.72. The van der Waals surface area contributed by atoms with E-state index in [1.807, 2.05) is 25.7 Å². The van der Waals surface area contributed by atoms with Crippen LogP contribution in [0.2, 0.25) is 0 Å². The monoisotopic (exact) mass is 554 g/mol. The number of anilines is 2. The Morgan fingerprint density at radius 3 is 2.56 bits per heavy atom. The number of rotatable bonds is 4. The first-order valence-corrected chi connectivity index (χ1v) is 13.6. The van der Waals surface area contributed by atoms with Gasteiger partial charge in [0, 0.05) is 42.7 Å². The van der Waals surface area contributed by atoms with Crippen LogP contribution in [0.4, 0.5) is 15.6 Å². The third kappa shape index (κ3) is 5.90. The minimum absolute atomic E-state index is 0.0764. The van der Waals surface area contributed by atoms with Crippen LogP contribution in [0.3, 0.4) is 0 Å². The van der Waals surface area contributed by atoms with Crippen LogP contribution in [-0.4, -0.2) is 64.5 Å². The van der Waals surface area contributed by atoms with E-state index in [9.17, 15) is 14.9 Å². The number of carbonyl (C=O) groups excluding carboxylic acids is 2. The number of aromatic nitrogens is 2. The molecule has 1 atom stereocenters. The summed E-state index contributed by atoms with van der Waals surface area (Å²) < 4.78 is 5.47. The Balaban J connectivity index is 1.47. The van der Waals surface area contributed by atoms with Gasteiger partial charge in [0.25, 0.3) is 0 Å². The van der Waals surface area contributed by atoms with E-state index in [0.717, 1.165) is 17.7 Å². The average Bonchev–Trinajstić information content (AvgIpc) is 3.22. The molecule has 1 aliphatic carbocycles. The molecule has 13 heteroatoms. The Morgan fingerprint density at radius 2 is 1.92 bits per heavy atom. The van der Waals surface area contributed by atoms with Crippen molar-refractivity contribution in [3.8, 4) is 6.07 Å². The van der Waals surface area contributed by atoms with E-state index in [2.05, 4.69) is 21.2 Å². The second-order valence-electron chi connectivity index (χ2n) is 10.9. The number of aryl methyl sites for hydroxylation is 2. The highest BCUT2D eigenvalue weighted by Crippen LogP contribution is 2.46. The van der Waals surface area contributed by atoms with Crippen molar-refractivity contribution in [1.29, 1.82) is 5.26 Å². The van der Waals surface area contributed by atoms with Gasteiger partial charge in [0.2, 0.25) is 0 Å². The van der Waals surface area contributed by atoms with Crippen LogP contribution < -0.4 is 16.4 Å². The first-order valence-electron chi connectivity index (χ1n) is 12.8. The normalized spacial score (nSPS) is 19.7. The van der Waals surface area contributed by atoms with Gasteiger partial charge in [0.05, 0.1) is 11.0 Å². The summed E-state index contributed by atoms with van der Waals surface area (Å²) in [6.45, 7) is 11.0. The maximum Gasteiger partial charge on any atom is 0.410 e. The van der Waals surface area contributed by atoms with Gasteiger partial charge in [-0.15, -0.1) is 11.3 Å². The number of carbonyl (C=O) groups is 2. The summed E-state index contributed by atoms with van der Waals surface area (Å²) in [7, 11) is 0. The van der Waals surface area contributed by atoms with Gasteiger partial charge < -0.3 is 30.8 Å². The number of amides is 1. The van der Waals surface area contributed by atoms with E-state index in [1.54, 1.807) is 24.8 Å². The molecule has 0 aromatic carbocycles. The molecule has 1 amide bonds. The highest BCUT2D eigenvalue weighted by molar-refractivity contribution is 7.16. The predicted molar refractivity (Wildman–Crippen MR) is 147 cm³/mol. The van der Waals surface area contributed by atoms with E-state index < -0.39 is 17.0 Å². The molecule has 4 rings (SSSR count). The number of nitrogen functional groups attached to an aromatic ring is 1. The van der Waals surface area contributed by atoms with E-state index in [0.29, 0.717) is 66.1 Å². The number of ether oxygens (including phenoxy) is 1. The molecule has 2 aliphatic rings. The molecule has 39 heavy (non-hydrogen) atoms. The highest BCUT2D eigenvalue weighted by atomic mass is 32.1. The summed E-state index contributed by atoms with van der Waals surface area (Å²) in [5.41, 5.74) is 11.9. The second-order valence-corrected chi connectivity index (χ2v) is 12.0. The van der Waals surface area contributed by atoms with E-state index >= 15 is 0 Å². The molecular weight excluding hydrogens is 520 g/mol. The van der Waals surface area contributed by atoms with Gasteiger partial charge in [0.15, 0.2) is 5.84 Å². The van der Waals surface area contributed by atoms with Gasteiger partial charge in [-0.3, -0.25) is 0 Å². The Bertz CT molecular complexity index is 1350. The lowest BCUT2D eigenvalue weighted by molar-refractivity contribution is -0.150. The lowest BCUT2D eigenvalue weighted by Crippen LogP contribution is -2.50. The van der Waals surface area contributed by atoms with Gasteiger partial charge in [-0.05, 0) is 53.9 Å². The summed E-state index contributed by atoms with van der Waals surface area (Å²) >= 11 is 1.34. The smallest absolute Gasteiger partial charge is 0.410 e. The fraction of sp³-hybridized carbons (Fsp3) is 0.538. The van der Waals surface area contributed by atoms with E-state index in [-0.39, 0.29) is 11.9 Å². The number of piperazine rings is 1. The number of hydrogen-bond donors (Lipinski definition) is 2. The number of nitrogens with two attached hydrogens (primary N) is 2. The van der Waals surface area contributed by atoms with Crippen molar-refractivity contribution in [2.75, 3.05) is 36.8 Å². The molecule has 2 aromatic heterocycles. The SMILES string of the molecule is Cc1nc(/C(N)=N/OC(=O)[C@@]2(C)CCCc3sc(N)c(C#N)c32)cc(N2CCN(C(=O)OC(C)(C)C)CC2)n1. The third-order valence-corrected chi connectivity index (χ3v) is 7.85. The van der Waals surface area contributed by atoms with Gasteiger partial charge in [-0.1, -0.05) is 5.16 Å². The quantitative estimate of drug-likeness (QED) is 0.248. The molecule has 0 spiro atoms. The van der Waals surface area contributed by atoms with Gasteiger partial charge in [-0.25, -0.2) is 19.6 Å². The molecule has 0 radical (unpaired) electrons. The molecule has 208 valence electrons.